The molecular weight excluding hydrogens is 195 g/mol. The fraction of sp³-hybridized carbons (Fsp3) is 0.333. The third kappa shape index (κ3) is 4.74. The van der Waals surface area contributed by atoms with Crippen LogP contribution in [0.1, 0.15) is 0 Å². The van der Waals surface area contributed by atoms with E-state index in [2.05, 4.69) is 20.7 Å². The molecule has 0 atom stereocenters. The van der Waals surface area contributed by atoms with E-state index in [1.807, 2.05) is 6.08 Å². The van der Waals surface area contributed by atoms with Gasteiger partial charge in [-0.25, -0.2) is 0 Å². The van der Waals surface area contributed by atoms with E-state index in [1.165, 1.54) is 0 Å². The minimum absolute atomic E-state index is 0.620. The van der Waals surface area contributed by atoms with Crippen molar-refractivity contribution in [2.75, 3.05) is 0 Å². The molecule has 0 aliphatic carbocycles. The second-order valence-electron chi connectivity index (χ2n) is 0.564. The SMILES string of the molecule is C=CC[Se]Br. The molecule has 0 fully saturated rings. The Bertz CT molecular complexity index is 28.1. The Morgan fingerprint density at radius 3 is 2.60 bits per heavy atom. The van der Waals surface area contributed by atoms with Crippen LogP contribution in [0.15, 0.2) is 12.7 Å². The molecule has 0 N–H and O–H groups in total. The van der Waals surface area contributed by atoms with E-state index in [0.29, 0.717) is 13.1 Å². The summed E-state index contributed by atoms with van der Waals surface area (Å²) in [5.74, 6) is 0. The van der Waals surface area contributed by atoms with E-state index in [0.717, 1.165) is 5.32 Å². The molecule has 5 heavy (non-hydrogen) atoms. The molecule has 30 valence electrons. The first-order chi connectivity index (χ1) is 2.41. The van der Waals surface area contributed by atoms with Crippen LogP contribution in [0.4, 0.5) is 0 Å². The third-order valence-corrected chi connectivity index (χ3v) is 2.31. The van der Waals surface area contributed by atoms with Crippen molar-refractivity contribution < 1.29 is 0 Å². The van der Waals surface area contributed by atoms with Crippen LogP contribution in [0.3, 0.4) is 0 Å². The predicted octanol–water partition coefficient (Wildman–Crippen LogP) is 1.60. The topological polar surface area (TPSA) is 0 Å². The monoisotopic (exact) mass is 200 g/mol. The normalized spacial score (nSPS) is 7.40. The molecule has 0 amide bonds. The van der Waals surface area contributed by atoms with Crippen molar-refractivity contribution in [2.24, 2.45) is 0 Å². The summed E-state index contributed by atoms with van der Waals surface area (Å²) in [7, 11) is 0. The summed E-state index contributed by atoms with van der Waals surface area (Å²) in [4.78, 5) is 0. The summed E-state index contributed by atoms with van der Waals surface area (Å²) in [5, 5.41) is 1.13. The number of rotatable bonds is 2. The number of hydrogen-bond donors (Lipinski definition) is 0. The molecule has 0 aliphatic heterocycles. The molecule has 0 rings (SSSR count). The zero-order valence-corrected chi connectivity index (χ0v) is 6.08. The molecule has 2 heteroatoms. The number of hydrogen-bond acceptors (Lipinski definition) is 0. The summed E-state index contributed by atoms with van der Waals surface area (Å²) >= 11 is 3.92. The summed E-state index contributed by atoms with van der Waals surface area (Å²) in [6, 6.07) is 0. The van der Waals surface area contributed by atoms with Gasteiger partial charge in [-0.15, -0.1) is 0 Å². The molecular formula is C3H5BrSe. The molecule has 0 aromatic rings. The van der Waals surface area contributed by atoms with Gasteiger partial charge in [0.2, 0.25) is 0 Å². The second-order valence-corrected chi connectivity index (χ2v) is 4.10. The Hall–Kier alpha value is 0.739. The van der Waals surface area contributed by atoms with Gasteiger partial charge in [0.05, 0.1) is 0 Å². The van der Waals surface area contributed by atoms with Crippen molar-refractivity contribution in [3.63, 3.8) is 0 Å². The standard InChI is InChI=1S/C3H5BrSe/c1-2-3-5-4/h2H,1,3H2. The maximum absolute atomic E-state index is 3.54. The number of halogens is 1. The van der Waals surface area contributed by atoms with Crippen LogP contribution in [0, 0.1) is 0 Å². The molecule has 0 radical (unpaired) electrons. The van der Waals surface area contributed by atoms with Crippen LogP contribution in [-0.4, -0.2) is 13.1 Å². The van der Waals surface area contributed by atoms with Gasteiger partial charge in [-0.1, -0.05) is 0 Å². The van der Waals surface area contributed by atoms with E-state index >= 15 is 0 Å². The molecule has 0 bridgehead atoms. The van der Waals surface area contributed by atoms with E-state index in [1.54, 1.807) is 0 Å². The number of allylic oxidation sites excluding steroid dienone is 1. The molecule has 0 saturated carbocycles. The minimum atomic E-state index is 0.620. The Morgan fingerprint density at radius 1 is 2.00 bits per heavy atom. The van der Waals surface area contributed by atoms with Crippen LogP contribution >= 0.6 is 14.1 Å². The van der Waals surface area contributed by atoms with Gasteiger partial charge in [0.1, 0.15) is 0 Å². The van der Waals surface area contributed by atoms with Crippen LogP contribution in [-0.2, 0) is 0 Å². The van der Waals surface area contributed by atoms with Gasteiger partial charge in [0.25, 0.3) is 0 Å². The van der Waals surface area contributed by atoms with Crippen molar-refractivity contribution in [3.05, 3.63) is 12.7 Å². The van der Waals surface area contributed by atoms with Crippen LogP contribution in [0.25, 0.3) is 0 Å². The van der Waals surface area contributed by atoms with E-state index in [9.17, 15) is 0 Å². The van der Waals surface area contributed by atoms with E-state index in [-0.39, 0.29) is 0 Å². The summed E-state index contributed by atoms with van der Waals surface area (Å²) in [6.07, 6.45) is 1.91. The molecule has 0 aromatic carbocycles. The van der Waals surface area contributed by atoms with Crippen molar-refractivity contribution >= 4 is 27.3 Å². The van der Waals surface area contributed by atoms with Crippen molar-refractivity contribution in [3.8, 4) is 0 Å². The van der Waals surface area contributed by atoms with Gasteiger partial charge in [-0.05, 0) is 0 Å². The molecule has 0 heterocycles. The first-order valence-electron chi connectivity index (χ1n) is 1.26. The Kier molecular flexibility index (Phi) is 5.44. The molecule has 0 aliphatic rings. The van der Waals surface area contributed by atoms with Gasteiger partial charge in [-0.3, -0.25) is 0 Å². The fourth-order valence-corrected chi connectivity index (χ4v) is 1.20. The summed E-state index contributed by atoms with van der Waals surface area (Å²) < 4.78 is 0. The first kappa shape index (κ1) is 5.74. The fourth-order valence-electron chi connectivity index (χ4n) is 0.0445. The molecule has 0 nitrogen and oxygen atoms in total. The van der Waals surface area contributed by atoms with Crippen molar-refractivity contribution in [1.82, 2.24) is 0 Å². The van der Waals surface area contributed by atoms with Gasteiger partial charge in [0.15, 0.2) is 0 Å². The van der Waals surface area contributed by atoms with Gasteiger partial charge >= 0.3 is 45.2 Å². The Labute approximate surface area is 45.5 Å². The first-order valence-corrected chi connectivity index (χ1v) is 6.48. The zero-order valence-electron chi connectivity index (χ0n) is 2.78. The molecule has 0 unspecified atom stereocenters. The predicted molar refractivity (Wildman–Crippen MR) is 29.7 cm³/mol. The maximum atomic E-state index is 3.54. The van der Waals surface area contributed by atoms with Gasteiger partial charge in [0, 0.05) is 0 Å². The van der Waals surface area contributed by atoms with E-state index < -0.39 is 0 Å². The van der Waals surface area contributed by atoms with E-state index in [4.69, 9.17) is 0 Å². The Morgan fingerprint density at radius 2 is 2.60 bits per heavy atom. The third-order valence-electron chi connectivity index (χ3n) is 0.181. The van der Waals surface area contributed by atoms with Crippen molar-refractivity contribution in [1.29, 1.82) is 0 Å². The summed E-state index contributed by atoms with van der Waals surface area (Å²) in [5.41, 5.74) is 0. The molecule has 0 spiro atoms. The zero-order chi connectivity index (χ0) is 4.12. The van der Waals surface area contributed by atoms with Crippen LogP contribution in [0.2, 0.25) is 5.32 Å². The molecule has 0 saturated heterocycles. The molecule has 0 aromatic heterocycles. The van der Waals surface area contributed by atoms with Crippen LogP contribution in [0.5, 0.6) is 0 Å². The van der Waals surface area contributed by atoms with Gasteiger partial charge < -0.3 is 0 Å². The summed E-state index contributed by atoms with van der Waals surface area (Å²) in [6.45, 7) is 3.54. The van der Waals surface area contributed by atoms with Gasteiger partial charge in [-0.2, -0.15) is 0 Å². The Balaban J connectivity index is 2.40. The van der Waals surface area contributed by atoms with Crippen LogP contribution < -0.4 is 0 Å². The average molecular weight is 200 g/mol. The second kappa shape index (κ2) is 4.74. The van der Waals surface area contributed by atoms with Crippen molar-refractivity contribution in [2.45, 2.75) is 5.32 Å². The quantitative estimate of drug-likeness (QED) is 0.469. The average Bonchev–Trinajstić information content (AvgIpc) is 1.41.